The SMILES string of the molecule is CCOC(=O)C1CCN(c2cc(C)c3cc4c(cc3n2)CCC4)CC1. The molecule has 1 fully saturated rings. The molecule has 132 valence electrons. The highest BCUT2D eigenvalue weighted by Crippen LogP contribution is 2.31. The van der Waals surface area contributed by atoms with Crippen LogP contribution in [0.1, 0.15) is 42.9 Å². The lowest BCUT2D eigenvalue weighted by Gasteiger charge is -2.32. The van der Waals surface area contributed by atoms with Crippen molar-refractivity contribution in [1.82, 2.24) is 4.98 Å². The first-order valence-electron chi connectivity index (χ1n) is 9.50. The van der Waals surface area contributed by atoms with Gasteiger partial charge in [-0.05, 0) is 80.8 Å². The molecular formula is C21H26N2O2. The molecule has 2 aromatic rings. The lowest BCUT2D eigenvalue weighted by molar-refractivity contribution is -0.148. The molecule has 0 unspecified atom stereocenters. The topological polar surface area (TPSA) is 42.4 Å². The first-order valence-corrected chi connectivity index (χ1v) is 9.50. The maximum Gasteiger partial charge on any atom is 0.309 e. The summed E-state index contributed by atoms with van der Waals surface area (Å²) in [5, 5.41) is 1.28. The maximum atomic E-state index is 11.9. The van der Waals surface area contributed by atoms with Crippen LogP contribution >= 0.6 is 0 Å². The van der Waals surface area contributed by atoms with E-state index in [-0.39, 0.29) is 11.9 Å². The molecule has 2 aliphatic rings. The van der Waals surface area contributed by atoms with Gasteiger partial charge in [0, 0.05) is 18.5 Å². The minimum absolute atomic E-state index is 0.0413. The highest BCUT2D eigenvalue weighted by atomic mass is 16.5. The van der Waals surface area contributed by atoms with E-state index in [9.17, 15) is 4.79 Å². The monoisotopic (exact) mass is 338 g/mol. The average Bonchev–Trinajstić information content (AvgIpc) is 3.08. The summed E-state index contributed by atoms with van der Waals surface area (Å²) in [6, 6.07) is 6.84. The number of fused-ring (bicyclic) bond motifs is 2. The number of anilines is 1. The predicted molar refractivity (Wildman–Crippen MR) is 100 cm³/mol. The van der Waals surface area contributed by atoms with E-state index in [0.29, 0.717) is 6.61 Å². The van der Waals surface area contributed by atoms with Crippen molar-refractivity contribution in [2.45, 2.75) is 46.0 Å². The largest absolute Gasteiger partial charge is 0.466 e. The van der Waals surface area contributed by atoms with Crippen LogP contribution in [0.25, 0.3) is 10.9 Å². The Hall–Kier alpha value is -2.10. The van der Waals surface area contributed by atoms with Gasteiger partial charge in [0.1, 0.15) is 5.82 Å². The van der Waals surface area contributed by atoms with Crippen LogP contribution in [0.2, 0.25) is 0 Å². The molecule has 0 radical (unpaired) electrons. The van der Waals surface area contributed by atoms with Gasteiger partial charge in [0.15, 0.2) is 0 Å². The van der Waals surface area contributed by atoms with Gasteiger partial charge < -0.3 is 9.64 Å². The van der Waals surface area contributed by atoms with Gasteiger partial charge in [-0.1, -0.05) is 0 Å². The zero-order chi connectivity index (χ0) is 17.4. The van der Waals surface area contributed by atoms with Gasteiger partial charge in [0.05, 0.1) is 18.0 Å². The molecule has 1 aromatic carbocycles. The third-order valence-corrected chi connectivity index (χ3v) is 5.65. The molecule has 0 saturated carbocycles. The zero-order valence-corrected chi connectivity index (χ0v) is 15.2. The number of aryl methyl sites for hydroxylation is 3. The number of carbonyl (C=O) groups excluding carboxylic acids is 1. The van der Waals surface area contributed by atoms with Crippen molar-refractivity contribution in [1.29, 1.82) is 0 Å². The number of nitrogens with zero attached hydrogens (tertiary/aromatic N) is 2. The number of carbonyl (C=O) groups is 1. The van der Waals surface area contributed by atoms with Crippen LogP contribution in [0, 0.1) is 12.8 Å². The Labute approximate surface area is 149 Å². The highest BCUT2D eigenvalue weighted by Gasteiger charge is 2.27. The number of piperidine rings is 1. The fourth-order valence-electron chi connectivity index (χ4n) is 4.21. The molecule has 4 heteroatoms. The summed E-state index contributed by atoms with van der Waals surface area (Å²) in [6.45, 7) is 6.25. The van der Waals surface area contributed by atoms with Crippen LogP contribution in [0.3, 0.4) is 0 Å². The van der Waals surface area contributed by atoms with E-state index in [2.05, 4.69) is 30.0 Å². The minimum Gasteiger partial charge on any atom is -0.466 e. The molecule has 0 bridgehead atoms. The molecule has 25 heavy (non-hydrogen) atoms. The molecule has 4 rings (SSSR count). The molecule has 1 aromatic heterocycles. The summed E-state index contributed by atoms with van der Waals surface area (Å²) in [5.41, 5.74) is 5.38. The van der Waals surface area contributed by atoms with Gasteiger partial charge in [0.25, 0.3) is 0 Å². The van der Waals surface area contributed by atoms with Crippen molar-refractivity contribution in [2.75, 3.05) is 24.6 Å². The van der Waals surface area contributed by atoms with Gasteiger partial charge in [0.2, 0.25) is 0 Å². The van der Waals surface area contributed by atoms with E-state index in [1.54, 1.807) is 0 Å². The van der Waals surface area contributed by atoms with Gasteiger partial charge >= 0.3 is 5.97 Å². The number of benzene rings is 1. The van der Waals surface area contributed by atoms with Crippen LogP contribution in [0.15, 0.2) is 18.2 Å². The Bertz CT molecular complexity index is 807. The lowest BCUT2D eigenvalue weighted by Crippen LogP contribution is -2.37. The van der Waals surface area contributed by atoms with Crippen molar-refractivity contribution in [3.05, 3.63) is 34.9 Å². The maximum absolute atomic E-state index is 11.9. The van der Waals surface area contributed by atoms with E-state index >= 15 is 0 Å². The summed E-state index contributed by atoms with van der Waals surface area (Å²) < 4.78 is 5.17. The normalized spacial score (nSPS) is 17.8. The van der Waals surface area contributed by atoms with Crippen LogP contribution in [-0.2, 0) is 22.4 Å². The summed E-state index contributed by atoms with van der Waals surface area (Å²) >= 11 is 0. The van der Waals surface area contributed by atoms with Crippen molar-refractivity contribution >= 4 is 22.7 Å². The average molecular weight is 338 g/mol. The first kappa shape index (κ1) is 16.4. The summed E-state index contributed by atoms with van der Waals surface area (Å²) in [4.78, 5) is 19.2. The molecule has 0 N–H and O–H groups in total. The second-order valence-electron chi connectivity index (χ2n) is 7.30. The molecule has 0 amide bonds. The fourth-order valence-corrected chi connectivity index (χ4v) is 4.21. The lowest BCUT2D eigenvalue weighted by atomic mass is 9.96. The Kier molecular flexibility index (Phi) is 4.36. The molecular weight excluding hydrogens is 312 g/mol. The van der Waals surface area contributed by atoms with Crippen molar-refractivity contribution in [3.8, 4) is 0 Å². The molecule has 1 aliphatic carbocycles. The van der Waals surface area contributed by atoms with E-state index < -0.39 is 0 Å². The summed E-state index contributed by atoms with van der Waals surface area (Å²) in [7, 11) is 0. The van der Waals surface area contributed by atoms with E-state index in [4.69, 9.17) is 9.72 Å². The third-order valence-electron chi connectivity index (χ3n) is 5.65. The Morgan fingerprint density at radius 2 is 1.92 bits per heavy atom. The fraction of sp³-hybridized carbons (Fsp3) is 0.524. The van der Waals surface area contributed by atoms with Crippen molar-refractivity contribution < 1.29 is 9.53 Å². The van der Waals surface area contributed by atoms with Crippen molar-refractivity contribution in [3.63, 3.8) is 0 Å². The van der Waals surface area contributed by atoms with E-state index in [0.717, 1.165) is 37.3 Å². The number of pyridine rings is 1. The van der Waals surface area contributed by atoms with Crippen LogP contribution in [-0.4, -0.2) is 30.6 Å². The smallest absolute Gasteiger partial charge is 0.309 e. The number of ether oxygens (including phenoxy) is 1. The third kappa shape index (κ3) is 3.10. The van der Waals surface area contributed by atoms with Gasteiger partial charge in [-0.2, -0.15) is 0 Å². The standard InChI is InChI=1S/C21H26N2O2/c1-3-25-21(24)15-7-9-23(10-8-15)20-11-14(2)18-12-16-5-4-6-17(16)13-19(18)22-20/h11-13,15H,3-10H2,1-2H3. The Balaban J connectivity index is 1.56. The summed E-state index contributed by atoms with van der Waals surface area (Å²) in [5.74, 6) is 1.05. The molecule has 0 spiro atoms. The molecule has 1 aliphatic heterocycles. The quantitative estimate of drug-likeness (QED) is 0.798. The number of aromatic nitrogens is 1. The zero-order valence-electron chi connectivity index (χ0n) is 15.2. The Morgan fingerprint density at radius 3 is 2.64 bits per heavy atom. The van der Waals surface area contributed by atoms with E-state index in [1.165, 1.54) is 41.3 Å². The van der Waals surface area contributed by atoms with E-state index in [1.807, 2.05) is 6.92 Å². The van der Waals surface area contributed by atoms with Gasteiger partial charge in [-0.3, -0.25) is 4.79 Å². The molecule has 4 nitrogen and oxygen atoms in total. The molecule has 1 saturated heterocycles. The number of esters is 1. The number of rotatable bonds is 3. The summed E-state index contributed by atoms with van der Waals surface area (Å²) in [6.07, 6.45) is 5.34. The van der Waals surface area contributed by atoms with Crippen LogP contribution in [0.5, 0.6) is 0 Å². The predicted octanol–water partition coefficient (Wildman–Crippen LogP) is 3.81. The van der Waals surface area contributed by atoms with Crippen LogP contribution < -0.4 is 4.90 Å². The second-order valence-corrected chi connectivity index (χ2v) is 7.30. The van der Waals surface area contributed by atoms with Gasteiger partial charge in [-0.25, -0.2) is 4.98 Å². The first-order chi connectivity index (χ1) is 12.2. The highest BCUT2D eigenvalue weighted by molar-refractivity contribution is 5.86. The number of hydrogen-bond acceptors (Lipinski definition) is 4. The minimum atomic E-state index is -0.0413. The number of hydrogen-bond donors (Lipinski definition) is 0. The second kappa shape index (κ2) is 6.66. The van der Waals surface area contributed by atoms with Crippen LogP contribution in [0.4, 0.5) is 5.82 Å². The Morgan fingerprint density at radius 1 is 1.20 bits per heavy atom. The van der Waals surface area contributed by atoms with Gasteiger partial charge in [-0.15, -0.1) is 0 Å². The molecule has 2 heterocycles. The van der Waals surface area contributed by atoms with Crippen molar-refractivity contribution in [2.24, 2.45) is 5.92 Å². The molecule has 0 atom stereocenters.